The average molecular weight is 326 g/mol. The van der Waals surface area contributed by atoms with Crippen molar-refractivity contribution in [2.24, 2.45) is 0 Å². The summed E-state index contributed by atoms with van der Waals surface area (Å²) in [6.45, 7) is 4.84. The molecule has 0 bridgehead atoms. The molecular formula is C16H21ClFN3O. The van der Waals surface area contributed by atoms with E-state index in [-0.39, 0.29) is 16.7 Å². The first-order valence-electron chi connectivity index (χ1n) is 7.78. The first-order valence-corrected chi connectivity index (χ1v) is 8.16. The number of hydrogen-bond donors (Lipinski definition) is 1. The van der Waals surface area contributed by atoms with E-state index in [1.807, 2.05) is 0 Å². The number of nitrogens with zero attached hydrogens (tertiary/aromatic N) is 2. The maximum absolute atomic E-state index is 13.2. The highest BCUT2D eigenvalue weighted by Gasteiger charge is 2.25. The van der Waals surface area contributed by atoms with Crippen molar-refractivity contribution in [1.82, 2.24) is 15.1 Å². The molecule has 1 aliphatic carbocycles. The van der Waals surface area contributed by atoms with Crippen LogP contribution < -0.4 is 5.32 Å². The molecule has 6 heteroatoms. The van der Waals surface area contributed by atoms with Crippen molar-refractivity contribution >= 4 is 17.5 Å². The van der Waals surface area contributed by atoms with E-state index in [0.717, 1.165) is 51.1 Å². The van der Waals surface area contributed by atoms with Gasteiger partial charge in [0, 0.05) is 38.8 Å². The van der Waals surface area contributed by atoms with E-state index < -0.39 is 0 Å². The fourth-order valence-corrected chi connectivity index (χ4v) is 2.91. The van der Waals surface area contributed by atoms with Crippen molar-refractivity contribution in [1.29, 1.82) is 0 Å². The van der Waals surface area contributed by atoms with E-state index in [4.69, 9.17) is 11.6 Å². The summed E-state index contributed by atoms with van der Waals surface area (Å²) >= 11 is 5.81. The van der Waals surface area contributed by atoms with E-state index in [0.29, 0.717) is 12.6 Å². The second-order valence-corrected chi connectivity index (χ2v) is 6.55. The molecule has 0 radical (unpaired) electrons. The second-order valence-electron chi connectivity index (χ2n) is 6.14. The molecule has 1 saturated heterocycles. The molecular weight excluding hydrogens is 305 g/mol. The summed E-state index contributed by atoms with van der Waals surface area (Å²) in [5.41, 5.74) is 1.02. The second kappa shape index (κ2) is 6.94. The van der Waals surface area contributed by atoms with Crippen LogP contribution in [0.4, 0.5) is 4.39 Å². The monoisotopic (exact) mass is 325 g/mol. The Hall–Kier alpha value is -1.17. The molecule has 1 saturated carbocycles. The Kier molecular flexibility index (Phi) is 4.96. The molecule has 1 N–H and O–H groups in total. The topological polar surface area (TPSA) is 35.6 Å². The Labute approximate surface area is 135 Å². The lowest BCUT2D eigenvalue weighted by atomic mass is 10.2. The minimum absolute atomic E-state index is 0.140. The fourth-order valence-electron chi connectivity index (χ4n) is 2.71. The van der Waals surface area contributed by atoms with Gasteiger partial charge in [-0.1, -0.05) is 17.7 Å². The summed E-state index contributed by atoms with van der Waals surface area (Å²) in [6.07, 6.45) is 2.25. The summed E-state index contributed by atoms with van der Waals surface area (Å²) in [7, 11) is 0. The molecule has 1 amide bonds. The van der Waals surface area contributed by atoms with Crippen LogP contribution in [0.25, 0.3) is 0 Å². The van der Waals surface area contributed by atoms with Crippen LogP contribution >= 0.6 is 11.6 Å². The first kappa shape index (κ1) is 15.7. The van der Waals surface area contributed by atoms with E-state index in [1.165, 1.54) is 6.07 Å². The Morgan fingerprint density at radius 2 is 1.91 bits per heavy atom. The summed E-state index contributed by atoms with van der Waals surface area (Å²) in [5, 5.41) is 3.19. The van der Waals surface area contributed by atoms with Crippen molar-refractivity contribution < 1.29 is 9.18 Å². The Bertz CT molecular complexity index is 542. The molecule has 2 aliphatic rings. The van der Waals surface area contributed by atoms with Gasteiger partial charge in [-0.2, -0.15) is 0 Å². The highest BCUT2D eigenvalue weighted by molar-refractivity contribution is 6.30. The van der Waals surface area contributed by atoms with Crippen molar-refractivity contribution in [3.63, 3.8) is 0 Å². The van der Waals surface area contributed by atoms with Crippen LogP contribution in [-0.2, 0) is 11.3 Å². The zero-order valence-electron chi connectivity index (χ0n) is 12.5. The predicted molar refractivity (Wildman–Crippen MR) is 84.3 cm³/mol. The van der Waals surface area contributed by atoms with Crippen molar-refractivity contribution in [3.05, 3.63) is 34.6 Å². The number of amides is 1. The minimum atomic E-state index is -0.378. The van der Waals surface area contributed by atoms with Crippen LogP contribution in [0.2, 0.25) is 5.02 Å². The van der Waals surface area contributed by atoms with E-state index in [2.05, 4.69) is 15.1 Å². The van der Waals surface area contributed by atoms with Crippen LogP contribution in [0.5, 0.6) is 0 Å². The lowest BCUT2D eigenvalue weighted by Crippen LogP contribution is -2.49. The van der Waals surface area contributed by atoms with Gasteiger partial charge in [-0.3, -0.25) is 14.6 Å². The number of rotatable bonds is 5. The van der Waals surface area contributed by atoms with Crippen LogP contribution in [0, 0.1) is 5.82 Å². The minimum Gasteiger partial charge on any atom is -0.352 e. The summed E-state index contributed by atoms with van der Waals surface area (Å²) < 4.78 is 13.2. The van der Waals surface area contributed by atoms with Crippen LogP contribution in [-0.4, -0.2) is 54.5 Å². The van der Waals surface area contributed by atoms with Gasteiger partial charge in [-0.25, -0.2) is 4.39 Å². The molecule has 0 spiro atoms. The van der Waals surface area contributed by atoms with Crippen molar-refractivity contribution in [2.75, 3.05) is 32.7 Å². The van der Waals surface area contributed by atoms with E-state index in [9.17, 15) is 9.18 Å². The standard InChI is InChI=1S/C16H21ClFN3O/c17-14-9-12(1-4-15(14)18)10-20-5-7-21(8-6-20)11-16(22)19-13-2-3-13/h1,4,9,13H,2-3,5-8,10-11H2,(H,19,22). The zero-order chi connectivity index (χ0) is 15.5. The van der Waals surface area contributed by atoms with Gasteiger partial charge in [0.2, 0.25) is 5.91 Å². The number of halogens is 2. The van der Waals surface area contributed by atoms with Gasteiger partial charge >= 0.3 is 0 Å². The Morgan fingerprint density at radius 1 is 1.23 bits per heavy atom. The highest BCUT2D eigenvalue weighted by atomic mass is 35.5. The molecule has 1 heterocycles. The highest BCUT2D eigenvalue weighted by Crippen LogP contribution is 2.19. The third-order valence-corrected chi connectivity index (χ3v) is 4.45. The number of carbonyl (C=O) groups is 1. The summed E-state index contributed by atoms with van der Waals surface area (Å²) in [4.78, 5) is 16.3. The third-order valence-electron chi connectivity index (χ3n) is 4.16. The van der Waals surface area contributed by atoms with Gasteiger partial charge in [0.1, 0.15) is 5.82 Å². The normalized spacial score (nSPS) is 20.1. The van der Waals surface area contributed by atoms with Crippen LogP contribution in [0.3, 0.4) is 0 Å². The maximum Gasteiger partial charge on any atom is 0.234 e. The Balaban J connectivity index is 1.42. The SMILES string of the molecule is O=C(CN1CCN(Cc2ccc(F)c(Cl)c2)CC1)NC1CC1. The van der Waals surface area contributed by atoms with Gasteiger partial charge in [-0.15, -0.1) is 0 Å². The van der Waals surface area contributed by atoms with Gasteiger partial charge in [0.05, 0.1) is 11.6 Å². The first-order chi connectivity index (χ1) is 10.6. The van der Waals surface area contributed by atoms with Crippen molar-refractivity contribution in [3.8, 4) is 0 Å². The van der Waals surface area contributed by atoms with Crippen molar-refractivity contribution in [2.45, 2.75) is 25.4 Å². The molecule has 1 aromatic carbocycles. The molecule has 4 nitrogen and oxygen atoms in total. The molecule has 3 rings (SSSR count). The zero-order valence-corrected chi connectivity index (χ0v) is 13.3. The quantitative estimate of drug-likeness (QED) is 0.898. The molecule has 120 valence electrons. The largest absolute Gasteiger partial charge is 0.352 e. The van der Waals surface area contributed by atoms with E-state index >= 15 is 0 Å². The molecule has 22 heavy (non-hydrogen) atoms. The average Bonchev–Trinajstić information content (AvgIpc) is 3.29. The van der Waals surface area contributed by atoms with Gasteiger partial charge < -0.3 is 5.32 Å². The smallest absolute Gasteiger partial charge is 0.234 e. The van der Waals surface area contributed by atoms with E-state index in [1.54, 1.807) is 12.1 Å². The number of carbonyl (C=O) groups excluding carboxylic acids is 1. The number of benzene rings is 1. The molecule has 0 unspecified atom stereocenters. The number of nitrogens with one attached hydrogen (secondary N) is 1. The van der Waals surface area contributed by atoms with Crippen LogP contribution in [0.15, 0.2) is 18.2 Å². The third kappa shape index (κ3) is 4.41. The molecule has 0 atom stereocenters. The predicted octanol–water partition coefficient (Wildman–Crippen LogP) is 1.88. The lowest BCUT2D eigenvalue weighted by Gasteiger charge is -2.34. The van der Waals surface area contributed by atoms with Gasteiger partial charge in [0.25, 0.3) is 0 Å². The molecule has 0 aromatic heterocycles. The molecule has 1 aromatic rings. The Morgan fingerprint density at radius 3 is 2.55 bits per heavy atom. The number of hydrogen-bond acceptors (Lipinski definition) is 3. The molecule has 2 fully saturated rings. The summed E-state index contributed by atoms with van der Waals surface area (Å²) in [6, 6.07) is 5.30. The van der Waals surface area contributed by atoms with Gasteiger partial charge in [0.15, 0.2) is 0 Å². The maximum atomic E-state index is 13.2. The lowest BCUT2D eigenvalue weighted by molar-refractivity contribution is -0.122. The van der Waals surface area contributed by atoms with Gasteiger partial charge in [-0.05, 0) is 30.5 Å². The molecule has 1 aliphatic heterocycles. The van der Waals surface area contributed by atoms with Crippen LogP contribution in [0.1, 0.15) is 18.4 Å². The summed E-state index contributed by atoms with van der Waals surface area (Å²) in [5.74, 6) is -0.238. The fraction of sp³-hybridized carbons (Fsp3) is 0.562. The number of piperazine rings is 1.